The number of nitrogens with zero attached hydrogens (tertiary/aromatic N) is 1. The summed E-state index contributed by atoms with van der Waals surface area (Å²) in [4.78, 5) is 13.4. The van der Waals surface area contributed by atoms with Crippen molar-refractivity contribution >= 4 is 15.9 Å². The Morgan fingerprint density at radius 3 is 2.24 bits per heavy atom. The SMILES string of the molecule is COCCCN(CCNS(=O)(=O)c1ccc(C(C)(C)C)cc1)C(C)=O. The minimum absolute atomic E-state index is 0.0279. The molecule has 0 aliphatic rings. The zero-order valence-corrected chi connectivity index (χ0v) is 16.6. The fourth-order valence-corrected chi connectivity index (χ4v) is 3.38. The topological polar surface area (TPSA) is 75.7 Å². The molecule has 0 fully saturated rings. The van der Waals surface area contributed by atoms with E-state index in [0.29, 0.717) is 19.7 Å². The van der Waals surface area contributed by atoms with Gasteiger partial charge in [-0.3, -0.25) is 4.79 Å². The van der Waals surface area contributed by atoms with Crippen LogP contribution >= 0.6 is 0 Å². The summed E-state index contributed by atoms with van der Waals surface area (Å²) < 4.78 is 32.3. The molecule has 1 aromatic carbocycles. The van der Waals surface area contributed by atoms with Crippen LogP contribution in [0.25, 0.3) is 0 Å². The molecule has 0 aromatic heterocycles. The van der Waals surface area contributed by atoms with Gasteiger partial charge in [0.15, 0.2) is 0 Å². The third kappa shape index (κ3) is 7.13. The molecule has 25 heavy (non-hydrogen) atoms. The average Bonchev–Trinajstić information content (AvgIpc) is 2.52. The lowest BCUT2D eigenvalue weighted by Crippen LogP contribution is -2.38. The number of carbonyl (C=O) groups is 1. The van der Waals surface area contributed by atoms with Crippen molar-refractivity contribution < 1.29 is 17.9 Å². The van der Waals surface area contributed by atoms with Crippen LogP contribution in [0.5, 0.6) is 0 Å². The molecular formula is C18H30N2O4S. The number of methoxy groups -OCH3 is 1. The van der Waals surface area contributed by atoms with Crippen molar-refractivity contribution in [3.63, 3.8) is 0 Å². The van der Waals surface area contributed by atoms with Crippen molar-refractivity contribution in [2.45, 2.75) is 44.4 Å². The highest BCUT2D eigenvalue weighted by Crippen LogP contribution is 2.23. The third-order valence-electron chi connectivity index (χ3n) is 3.93. The molecular weight excluding hydrogens is 340 g/mol. The zero-order chi connectivity index (χ0) is 19.1. The van der Waals surface area contributed by atoms with E-state index in [2.05, 4.69) is 25.5 Å². The Morgan fingerprint density at radius 1 is 1.16 bits per heavy atom. The number of hydrogen-bond donors (Lipinski definition) is 1. The normalized spacial score (nSPS) is 12.2. The van der Waals surface area contributed by atoms with E-state index in [1.165, 1.54) is 6.92 Å². The second-order valence-corrected chi connectivity index (χ2v) is 8.79. The van der Waals surface area contributed by atoms with Crippen LogP contribution in [0.1, 0.15) is 39.7 Å². The van der Waals surface area contributed by atoms with Crippen molar-refractivity contribution in [3.8, 4) is 0 Å². The Hall–Kier alpha value is -1.44. The molecule has 1 aromatic rings. The molecule has 1 N–H and O–H groups in total. The molecule has 0 saturated heterocycles. The second kappa shape index (κ2) is 9.31. The van der Waals surface area contributed by atoms with Crippen LogP contribution in [0.15, 0.2) is 29.2 Å². The molecule has 1 amide bonds. The first-order chi connectivity index (χ1) is 11.6. The number of carbonyl (C=O) groups excluding carboxylic acids is 1. The average molecular weight is 371 g/mol. The van der Waals surface area contributed by atoms with Crippen LogP contribution < -0.4 is 4.72 Å². The van der Waals surface area contributed by atoms with Crippen LogP contribution in [0.2, 0.25) is 0 Å². The highest BCUT2D eigenvalue weighted by molar-refractivity contribution is 7.89. The Bertz CT molecular complexity index is 649. The molecule has 7 heteroatoms. The molecule has 142 valence electrons. The van der Waals surface area contributed by atoms with Gasteiger partial charge in [-0.2, -0.15) is 0 Å². The maximum Gasteiger partial charge on any atom is 0.240 e. The number of sulfonamides is 1. The molecule has 6 nitrogen and oxygen atoms in total. The summed E-state index contributed by atoms with van der Waals surface area (Å²) in [5, 5.41) is 0. The standard InChI is InChI=1S/C18H30N2O4S/c1-15(21)20(12-6-14-24-5)13-11-19-25(22,23)17-9-7-16(8-10-17)18(2,3)4/h7-10,19H,6,11-14H2,1-5H3. The lowest BCUT2D eigenvalue weighted by atomic mass is 9.87. The summed E-state index contributed by atoms with van der Waals surface area (Å²) in [6.07, 6.45) is 0.719. The van der Waals surface area contributed by atoms with Gasteiger partial charge in [0.2, 0.25) is 15.9 Å². The predicted octanol–water partition coefficient (Wildman–Crippen LogP) is 2.15. The Balaban J connectivity index is 2.64. The monoisotopic (exact) mass is 370 g/mol. The van der Waals surface area contributed by atoms with E-state index in [4.69, 9.17) is 4.74 Å². The quantitative estimate of drug-likeness (QED) is 0.676. The number of benzene rings is 1. The van der Waals surface area contributed by atoms with Crippen LogP contribution in [0.4, 0.5) is 0 Å². The van der Waals surface area contributed by atoms with Gasteiger partial charge in [-0.25, -0.2) is 13.1 Å². The lowest BCUT2D eigenvalue weighted by molar-refractivity contribution is -0.128. The number of rotatable bonds is 9. The zero-order valence-electron chi connectivity index (χ0n) is 15.8. The Labute approximate surface area is 151 Å². The molecule has 1 rings (SSSR count). The van der Waals surface area contributed by atoms with E-state index >= 15 is 0 Å². The first-order valence-electron chi connectivity index (χ1n) is 8.42. The van der Waals surface area contributed by atoms with Gasteiger partial charge in [0.05, 0.1) is 4.90 Å². The van der Waals surface area contributed by atoms with Gasteiger partial charge in [-0.05, 0) is 29.5 Å². The van der Waals surface area contributed by atoms with Gasteiger partial charge < -0.3 is 9.64 Å². The van der Waals surface area contributed by atoms with Gasteiger partial charge in [-0.1, -0.05) is 32.9 Å². The third-order valence-corrected chi connectivity index (χ3v) is 5.40. The van der Waals surface area contributed by atoms with Crippen molar-refractivity contribution in [2.24, 2.45) is 0 Å². The smallest absolute Gasteiger partial charge is 0.240 e. The number of nitrogens with one attached hydrogen (secondary N) is 1. The van der Waals surface area contributed by atoms with Gasteiger partial charge in [0.1, 0.15) is 0 Å². The molecule has 0 atom stereocenters. The van der Waals surface area contributed by atoms with E-state index < -0.39 is 10.0 Å². The number of ether oxygens (including phenoxy) is 1. The largest absolute Gasteiger partial charge is 0.385 e. The van der Waals surface area contributed by atoms with Crippen LogP contribution in [-0.2, 0) is 25.0 Å². The molecule has 0 unspecified atom stereocenters. The lowest BCUT2D eigenvalue weighted by Gasteiger charge is -2.21. The Kier molecular flexibility index (Phi) is 8.05. The first kappa shape index (κ1) is 21.6. The molecule has 0 aliphatic heterocycles. The van der Waals surface area contributed by atoms with Crippen LogP contribution in [-0.4, -0.2) is 52.6 Å². The summed E-state index contributed by atoms with van der Waals surface area (Å²) in [6.45, 7) is 9.33. The van der Waals surface area contributed by atoms with Crippen molar-refractivity contribution in [1.82, 2.24) is 9.62 Å². The van der Waals surface area contributed by atoms with E-state index in [1.54, 1.807) is 24.1 Å². The molecule has 0 aliphatic carbocycles. The fraction of sp³-hybridized carbons (Fsp3) is 0.611. The van der Waals surface area contributed by atoms with E-state index in [9.17, 15) is 13.2 Å². The van der Waals surface area contributed by atoms with Gasteiger partial charge >= 0.3 is 0 Å². The summed E-state index contributed by atoms with van der Waals surface area (Å²) in [5.41, 5.74) is 1.05. The van der Waals surface area contributed by atoms with Crippen LogP contribution in [0.3, 0.4) is 0 Å². The highest BCUT2D eigenvalue weighted by Gasteiger charge is 2.18. The Morgan fingerprint density at radius 2 is 1.76 bits per heavy atom. The number of amides is 1. The maximum absolute atomic E-state index is 12.4. The van der Waals surface area contributed by atoms with Crippen molar-refractivity contribution in [1.29, 1.82) is 0 Å². The highest BCUT2D eigenvalue weighted by atomic mass is 32.2. The van der Waals surface area contributed by atoms with Crippen molar-refractivity contribution in [3.05, 3.63) is 29.8 Å². The predicted molar refractivity (Wildman–Crippen MR) is 99.1 cm³/mol. The minimum Gasteiger partial charge on any atom is -0.385 e. The number of hydrogen-bond acceptors (Lipinski definition) is 4. The van der Waals surface area contributed by atoms with E-state index in [-0.39, 0.29) is 22.8 Å². The summed E-state index contributed by atoms with van der Waals surface area (Å²) in [7, 11) is -1.97. The minimum atomic E-state index is -3.58. The van der Waals surface area contributed by atoms with E-state index in [0.717, 1.165) is 12.0 Å². The summed E-state index contributed by atoms with van der Waals surface area (Å²) in [6, 6.07) is 6.90. The van der Waals surface area contributed by atoms with Gasteiger partial charge in [-0.15, -0.1) is 0 Å². The molecule has 0 radical (unpaired) electrons. The summed E-state index contributed by atoms with van der Waals surface area (Å²) >= 11 is 0. The second-order valence-electron chi connectivity index (χ2n) is 7.02. The molecule has 0 spiro atoms. The molecule has 0 heterocycles. The van der Waals surface area contributed by atoms with Gasteiger partial charge in [0, 0.05) is 40.3 Å². The van der Waals surface area contributed by atoms with Gasteiger partial charge in [0.25, 0.3) is 0 Å². The maximum atomic E-state index is 12.4. The van der Waals surface area contributed by atoms with Crippen LogP contribution in [0, 0.1) is 0 Å². The fourth-order valence-electron chi connectivity index (χ4n) is 2.36. The molecule has 0 bridgehead atoms. The summed E-state index contributed by atoms with van der Waals surface area (Å²) in [5.74, 6) is -0.0789. The van der Waals surface area contributed by atoms with Crippen molar-refractivity contribution in [2.75, 3.05) is 33.4 Å². The van der Waals surface area contributed by atoms with E-state index in [1.807, 2.05) is 12.1 Å². The molecule has 0 saturated carbocycles. The first-order valence-corrected chi connectivity index (χ1v) is 9.91.